The second-order valence-electron chi connectivity index (χ2n) is 13.9. The van der Waals surface area contributed by atoms with Crippen LogP contribution in [0.3, 0.4) is 0 Å². The topological polar surface area (TPSA) is 117 Å². The zero-order valence-corrected chi connectivity index (χ0v) is 30.1. The Morgan fingerprint density at radius 1 is 0.922 bits per heavy atom. The number of methoxy groups -OCH3 is 1. The van der Waals surface area contributed by atoms with E-state index in [1.807, 2.05) is 18.2 Å². The molecular formula is C38H34BrClFN3O7. The summed E-state index contributed by atoms with van der Waals surface area (Å²) in [6.07, 6.45) is 2.38. The molecule has 6 atom stereocenters. The monoisotopic (exact) mass is 777 g/mol. The van der Waals surface area contributed by atoms with Gasteiger partial charge in [-0.25, -0.2) is 9.29 Å². The van der Waals surface area contributed by atoms with Crippen LogP contribution in [0, 0.1) is 34.9 Å². The quantitative estimate of drug-likeness (QED) is 0.240. The van der Waals surface area contributed by atoms with Gasteiger partial charge < -0.3 is 19.5 Å². The molecule has 264 valence electrons. The summed E-state index contributed by atoms with van der Waals surface area (Å²) in [5.41, 5.74) is 1.61. The van der Waals surface area contributed by atoms with Crippen molar-refractivity contribution in [3.05, 3.63) is 87.1 Å². The van der Waals surface area contributed by atoms with E-state index in [4.69, 9.17) is 21.1 Å². The number of nitrogens with zero attached hydrogens (tertiary/aromatic N) is 3. The Balaban J connectivity index is 1.21. The molecule has 3 saturated heterocycles. The molecule has 3 aromatic carbocycles. The van der Waals surface area contributed by atoms with Gasteiger partial charge in [0.1, 0.15) is 5.82 Å². The molecule has 3 aromatic rings. The molecule has 0 radical (unpaired) electrons. The number of anilines is 3. The molecule has 6 unspecified atom stereocenters. The molecule has 2 aliphatic carbocycles. The number of ether oxygens (including phenoxy) is 2. The van der Waals surface area contributed by atoms with Crippen LogP contribution in [0.15, 0.2) is 70.7 Å². The minimum absolute atomic E-state index is 0.128. The van der Waals surface area contributed by atoms with E-state index in [9.17, 15) is 28.7 Å². The standard InChI is InChI=1S/C38H34BrClFN3O7/c1-38-26(35(47)44(37(38)49)22-7-10-29(41)28(40)17-22)18-25-23(32(38)19-15-27(39)33(45)30(16-19)50-2)8-9-24-31(25)36(48)43(34(24)46)21-5-3-20(4-6-21)42-11-13-51-14-12-42/h3-8,10,15-17,24-26,31-32,45H,9,11-14,18H2,1-2H3. The number of hydrogen-bond acceptors (Lipinski definition) is 8. The highest BCUT2D eigenvalue weighted by atomic mass is 79.9. The van der Waals surface area contributed by atoms with E-state index in [2.05, 4.69) is 20.8 Å². The van der Waals surface area contributed by atoms with Crippen molar-refractivity contribution in [3.63, 3.8) is 0 Å². The van der Waals surface area contributed by atoms with E-state index < -0.39 is 52.6 Å². The van der Waals surface area contributed by atoms with E-state index in [0.717, 1.165) is 35.3 Å². The van der Waals surface area contributed by atoms with Gasteiger partial charge in [0, 0.05) is 24.7 Å². The van der Waals surface area contributed by atoms with E-state index in [1.54, 1.807) is 31.2 Å². The van der Waals surface area contributed by atoms with Crippen molar-refractivity contribution in [3.8, 4) is 11.5 Å². The number of morpholine rings is 1. The molecule has 10 nitrogen and oxygen atoms in total. The van der Waals surface area contributed by atoms with Crippen molar-refractivity contribution in [2.24, 2.45) is 29.1 Å². The summed E-state index contributed by atoms with van der Waals surface area (Å²) >= 11 is 9.53. The maximum absolute atomic E-state index is 14.7. The lowest BCUT2D eigenvalue weighted by molar-refractivity contribution is -0.131. The van der Waals surface area contributed by atoms with E-state index in [1.165, 1.54) is 24.1 Å². The van der Waals surface area contributed by atoms with Gasteiger partial charge in [-0.1, -0.05) is 23.3 Å². The van der Waals surface area contributed by atoms with Crippen molar-refractivity contribution in [2.75, 3.05) is 48.1 Å². The fourth-order valence-corrected chi connectivity index (χ4v) is 9.70. The van der Waals surface area contributed by atoms with Crippen LogP contribution in [0.2, 0.25) is 5.02 Å². The lowest BCUT2D eigenvalue weighted by Crippen LogP contribution is -2.48. The molecule has 13 heteroatoms. The van der Waals surface area contributed by atoms with Gasteiger partial charge in [0.15, 0.2) is 11.5 Å². The fourth-order valence-electron chi connectivity index (χ4n) is 9.07. The largest absolute Gasteiger partial charge is 0.503 e. The summed E-state index contributed by atoms with van der Waals surface area (Å²) in [5.74, 6) is -5.87. The SMILES string of the molecule is COc1cc(C2C3=CCC4C(=O)N(c5ccc(N6CCOCC6)cc5)C(=O)C4C3CC3C(=O)N(c4ccc(F)c(Cl)c4)C(=O)C32C)cc(Br)c1O. The third kappa shape index (κ3) is 5.04. The Morgan fingerprint density at radius 3 is 2.29 bits per heavy atom. The minimum Gasteiger partial charge on any atom is -0.503 e. The predicted octanol–water partition coefficient (Wildman–Crippen LogP) is 6.23. The normalized spacial score (nSPS) is 28.8. The number of imide groups is 2. The molecule has 0 aromatic heterocycles. The average Bonchev–Trinajstić information content (AvgIpc) is 3.50. The van der Waals surface area contributed by atoms with Crippen LogP contribution in [0.1, 0.15) is 31.2 Å². The van der Waals surface area contributed by atoms with Crippen molar-refractivity contribution in [1.82, 2.24) is 0 Å². The van der Waals surface area contributed by atoms with Crippen LogP contribution < -0.4 is 19.4 Å². The average molecular weight is 779 g/mol. The van der Waals surface area contributed by atoms with Crippen LogP contribution in [0.4, 0.5) is 21.5 Å². The van der Waals surface area contributed by atoms with Crippen molar-refractivity contribution >= 4 is 68.2 Å². The molecule has 4 fully saturated rings. The molecule has 5 aliphatic rings. The second-order valence-corrected chi connectivity index (χ2v) is 15.2. The van der Waals surface area contributed by atoms with Crippen LogP contribution in [-0.2, 0) is 23.9 Å². The van der Waals surface area contributed by atoms with Crippen molar-refractivity contribution in [1.29, 1.82) is 0 Å². The highest BCUT2D eigenvalue weighted by Crippen LogP contribution is 2.64. The first-order chi connectivity index (χ1) is 24.4. The van der Waals surface area contributed by atoms with Crippen molar-refractivity contribution in [2.45, 2.75) is 25.7 Å². The van der Waals surface area contributed by atoms with E-state index in [-0.39, 0.29) is 46.9 Å². The predicted molar refractivity (Wildman–Crippen MR) is 190 cm³/mol. The molecule has 1 N–H and O–H groups in total. The van der Waals surface area contributed by atoms with Gasteiger partial charge in [-0.3, -0.25) is 24.1 Å². The smallest absolute Gasteiger partial charge is 0.241 e. The minimum atomic E-state index is -1.35. The van der Waals surface area contributed by atoms with Crippen LogP contribution in [-0.4, -0.2) is 62.1 Å². The third-order valence-corrected chi connectivity index (χ3v) is 12.4. The first-order valence-corrected chi connectivity index (χ1v) is 18.0. The number of allylic oxidation sites excluding steroid dienone is 2. The fraction of sp³-hybridized carbons (Fsp3) is 0.368. The molecular weight excluding hydrogens is 745 g/mol. The van der Waals surface area contributed by atoms with Gasteiger partial charge in [-0.15, -0.1) is 0 Å². The van der Waals surface area contributed by atoms with Gasteiger partial charge in [0.25, 0.3) is 0 Å². The highest BCUT2D eigenvalue weighted by molar-refractivity contribution is 9.10. The lowest BCUT2D eigenvalue weighted by Gasteiger charge is -2.49. The Hall–Kier alpha value is -4.26. The maximum atomic E-state index is 14.7. The number of phenolic OH excluding ortho intramolecular Hbond substituents is 1. The first kappa shape index (κ1) is 33.9. The number of fused-ring (bicyclic) bond motifs is 4. The van der Waals surface area contributed by atoms with Gasteiger partial charge in [-0.2, -0.15) is 0 Å². The molecule has 4 amide bonds. The second kappa shape index (κ2) is 12.5. The van der Waals surface area contributed by atoms with Gasteiger partial charge in [-0.05, 0) is 102 Å². The zero-order valence-electron chi connectivity index (χ0n) is 27.8. The maximum Gasteiger partial charge on any atom is 0.241 e. The lowest BCUT2D eigenvalue weighted by atomic mass is 9.51. The Kier molecular flexibility index (Phi) is 8.27. The van der Waals surface area contributed by atoms with Gasteiger partial charge in [0.05, 0.1) is 64.4 Å². The summed E-state index contributed by atoms with van der Waals surface area (Å²) in [6, 6.07) is 14.4. The number of phenols is 1. The van der Waals surface area contributed by atoms with Crippen LogP contribution in [0.5, 0.6) is 11.5 Å². The first-order valence-electron chi connectivity index (χ1n) is 16.9. The summed E-state index contributed by atoms with van der Waals surface area (Å²) in [7, 11) is 1.42. The molecule has 51 heavy (non-hydrogen) atoms. The number of amides is 4. The summed E-state index contributed by atoms with van der Waals surface area (Å²) in [4.78, 5) is 62.2. The van der Waals surface area contributed by atoms with E-state index >= 15 is 0 Å². The number of rotatable bonds is 5. The highest BCUT2D eigenvalue weighted by Gasteiger charge is 2.67. The molecule has 0 spiro atoms. The Morgan fingerprint density at radius 2 is 1.61 bits per heavy atom. The molecule has 3 aliphatic heterocycles. The summed E-state index contributed by atoms with van der Waals surface area (Å²) < 4.78 is 25.5. The third-order valence-electron chi connectivity index (χ3n) is 11.5. The van der Waals surface area contributed by atoms with Gasteiger partial charge >= 0.3 is 0 Å². The number of benzene rings is 3. The number of halogens is 3. The summed E-state index contributed by atoms with van der Waals surface area (Å²) in [6.45, 7) is 4.50. The van der Waals surface area contributed by atoms with Crippen LogP contribution in [0.25, 0.3) is 0 Å². The van der Waals surface area contributed by atoms with Gasteiger partial charge in [0.2, 0.25) is 23.6 Å². The molecule has 8 rings (SSSR count). The number of carbonyl (C=O) groups is 4. The van der Waals surface area contributed by atoms with Crippen molar-refractivity contribution < 1.29 is 38.1 Å². The Bertz CT molecular complexity index is 2040. The molecule has 3 heterocycles. The number of carbonyl (C=O) groups excluding carboxylic acids is 4. The number of hydrogen-bond donors (Lipinski definition) is 1. The zero-order chi connectivity index (χ0) is 35.9. The Labute approximate surface area is 306 Å². The molecule has 0 bridgehead atoms. The van der Waals surface area contributed by atoms with Crippen LogP contribution >= 0.6 is 27.5 Å². The molecule has 1 saturated carbocycles. The number of aromatic hydroxyl groups is 1. The van der Waals surface area contributed by atoms with E-state index in [0.29, 0.717) is 28.9 Å². The summed E-state index contributed by atoms with van der Waals surface area (Å²) in [5, 5.41) is 10.5.